The average molecular weight is 306 g/mol. The number of fused-ring (bicyclic) bond motifs is 2. The van der Waals surface area contributed by atoms with Crippen LogP contribution < -0.4 is 0 Å². The van der Waals surface area contributed by atoms with E-state index in [1.165, 1.54) is 31.3 Å². The van der Waals surface area contributed by atoms with Crippen LogP contribution in [0.25, 0.3) is 0 Å². The van der Waals surface area contributed by atoms with Gasteiger partial charge in [-0.25, -0.2) is 0 Å². The molecule has 0 radical (unpaired) electrons. The van der Waals surface area contributed by atoms with Crippen LogP contribution in [0.4, 0.5) is 0 Å². The number of hydrogen-bond donors (Lipinski definition) is 1. The third-order valence-corrected chi connectivity index (χ3v) is 6.99. The van der Waals surface area contributed by atoms with Crippen molar-refractivity contribution in [3.63, 3.8) is 0 Å². The lowest BCUT2D eigenvalue weighted by atomic mass is 9.68. The molecule has 2 nitrogen and oxygen atoms in total. The molecule has 3 rings (SSSR count). The third-order valence-electron chi connectivity index (χ3n) is 6.99. The van der Waals surface area contributed by atoms with E-state index >= 15 is 0 Å². The Morgan fingerprint density at radius 3 is 2.64 bits per heavy atom. The summed E-state index contributed by atoms with van der Waals surface area (Å²) in [5.74, 6) is 1.04. The van der Waals surface area contributed by atoms with Crippen molar-refractivity contribution in [1.29, 1.82) is 0 Å². The Labute approximate surface area is 136 Å². The summed E-state index contributed by atoms with van der Waals surface area (Å²) in [5, 5.41) is 10.7. The van der Waals surface area contributed by atoms with E-state index in [1.807, 2.05) is 13.8 Å². The summed E-state index contributed by atoms with van der Waals surface area (Å²) in [6.45, 7) is 11.0. The molecule has 2 aliphatic carbocycles. The predicted octanol–water partition coefficient (Wildman–Crippen LogP) is 4.86. The molecule has 3 aliphatic rings. The zero-order valence-corrected chi connectivity index (χ0v) is 15.1. The molecule has 1 saturated carbocycles. The normalized spacial score (nSPS) is 48.6. The van der Waals surface area contributed by atoms with Gasteiger partial charge in [-0.2, -0.15) is 0 Å². The second-order valence-corrected chi connectivity index (χ2v) is 9.31. The Hall–Kier alpha value is -0.340. The van der Waals surface area contributed by atoms with Gasteiger partial charge in [-0.05, 0) is 89.9 Å². The molecule has 0 aromatic heterocycles. The van der Waals surface area contributed by atoms with E-state index in [0.29, 0.717) is 23.4 Å². The lowest BCUT2D eigenvalue weighted by Crippen LogP contribution is -2.38. The highest BCUT2D eigenvalue weighted by Crippen LogP contribution is 2.58. The highest BCUT2D eigenvalue weighted by atomic mass is 16.6. The Morgan fingerprint density at radius 2 is 1.95 bits per heavy atom. The quantitative estimate of drug-likeness (QED) is 0.554. The molecule has 0 aromatic rings. The molecule has 1 saturated heterocycles. The molecular weight excluding hydrogens is 272 g/mol. The van der Waals surface area contributed by atoms with Crippen LogP contribution in [0, 0.1) is 17.3 Å². The zero-order chi connectivity index (χ0) is 16.2. The summed E-state index contributed by atoms with van der Waals surface area (Å²) < 4.78 is 6.11. The molecule has 1 aliphatic heterocycles. The molecule has 1 N–H and O–H groups in total. The molecule has 22 heavy (non-hydrogen) atoms. The maximum absolute atomic E-state index is 10.7. The Balaban J connectivity index is 1.86. The zero-order valence-electron chi connectivity index (χ0n) is 15.1. The number of hydrogen-bond acceptors (Lipinski definition) is 2. The number of ether oxygens (including phenoxy) is 1. The number of allylic oxidation sites excluding steroid dienone is 2. The molecule has 0 amide bonds. The van der Waals surface area contributed by atoms with Crippen LogP contribution in [0.3, 0.4) is 0 Å². The molecule has 0 aromatic carbocycles. The van der Waals surface area contributed by atoms with Crippen molar-refractivity contribution >= 4 is 0 Å². The minimum absolute atomic E-state index is 0.113. The van der Waals surface area contributed by atoms with Crippen LogP contribution in [0.2, 0.25) is 0 Å². The van der Waals surface area contributed by atoms with Gasteiger partial charge in [0, 0.05) is 0 Å². The van der Waals surface area contributed by atoms with Crippen molar-refractivity contribution in [2.75, 3.05) is 0 Å². The fraction of sp³-hybridized carbons (Fsp3) is 0.900. The summed E-state index contributed by atoms with van der Waals surface area (Å²) in [7, 11) is 0. The van der Waals surface area contributed by atoms with Crippen molar-refractivity contribution in [2.24, 2.45) is 17.3 Å². The highest BCUT2D eigenvalue weighted by Gasteiger charge is 2.58. The fourth-order valence-corrected chi connectivity index (χ4v) is 5.29. The summed E-state index contributed by atoms with van der Waals surface area (Å²) in [6.07, 6.45) is 11.2. The van der Waals surface area contributed by atoms with Crippen LogP contribution in [0.15, 0.2) is 11.6 Å². The Morgan fingerprint density at radius 1 is 1.23 bits per heavy atom. The van der Waals surface area contributed by atoms with E-state index in [1.54, 1.807) is 0 Å². The van der Waals surface area contributed by atoms with Gasteiger partial charge >= 0.3 is 0 Å². The van der Waals surface area contributed by atoms with Crippen molar-refractivity contribution in [3.05, 3.63) is 11.6 Å². The Kier molecular flexibility index (Phi) is 4.01. The monoisotopic (exact) mass is 306 g/mol. The van der Waals surface area contributed by atoms with E-state index in [0.717, 1.165) is 19.3 Å². The molecule has 2 heteroatoms. The SMILES string of the molecule is C/C1=C\CC[C@]2(C)O[C@H]2C[C@@]2(C)CC[C@@H](C(C)(C)O)[C@@H]2CC1. The smallest absolute Gasteiger partial charge is 0.0923 e. The second-order valence-electron chi connectivity index (χ2n) is 9.31. The average Bonchev–Trinajstić information content (AvgIpc) is 2.86. The van der Waals surface area contributed by atoms with Gasteiger partial charge in [0.2, 0.25) is 0 Å². The van der Waals surface area contributed by atoms with Gasteiger partial charge in [-0.1, -0.05) is 18.6 Å². The minimum atomic E-state index is -0.562. The van der Waals surface area contributed by atoms with Crippen LogP contribution in [0.5, 0.6) is 0 Å². The molecular formula is C20H34O2. The van der Waals surface area contributed by atoms with Gasteiger partial charge < -0.3 is 9.84 Å². The second kappa shape index (κ2) is 5.34. The molecule has 5 atom stereocenters. The van der Waals surface area contributed by atoms with Gasteiger partial charge in [0.15, 0.2) is 0 Å². The van der Waals surface area contributed by atoms with E-state index in [9.17, 15) is 5.11 Å². The van der Waals surface area contributed by atoms with E-state index < -0.39 is 5.60 Å². The maximum atomic E-state index is 10.7. The van der Waals surface area contributed by atoms with Crippen LogP contribution in [-0.2, 0) is 4.74 Å². The maximum Gasteiger partial charge on any atom is 0.0923 e. The van der Waals surface area contributed by atoms with Crippen molar-refractivity contribution in [3.8, 4) is 0 Å². The number of epoxide rings is 1. The van der Waals surface area contributed by atoms with Gasteiger partial charge in [-0.15, -0.1) is 0 Å². The third kappa shape index (κ3) is 3.01. The van der Waals surface area contributed by atoms with Crippen molar-refractivity contribution < 1.29 is 9.84 Å². The van der Waals surface area contributed by atoms with E-state index in [-0.39, 0.29) is 5.60 Å². The van der Waals surface area contributed by atoms with E-state index in [4.69, 9.17) is 4.74 Å². The first-order valence-corrected chi connectivity index (χ1v) is 9.20. The first-order chi connectivity index (χ1) is 10.1. The number of rotatable bonds is 1. The summed E-state index contributed by atoms with van der Waals surface area (Å²) in [4.78, 5) is 0. The fourth-order valence-electron chi connectivity index (χ4n) is 5.29. The first kappa shape index (κ1) is 16.5. The van der Waals surface area contributed by atoms with Crippen LogP contribution >= 0.6 is 0 Å². The summed E-state index contributed by atoms with van der Waals surface area (Å²) >= 11 is 0. The highest BCUT2D eigenvalue weighted by molar-refractivity contribution is 5.10. The lowest BCUT2D eigenvalue weighted by molar-refractivity contribution is -0.0186. The molecule has 0 unspecified atom stereocenters. The first-order valence-electron chi connectivity index (χ1n) is 9.20. The van der Waals surface area contributed by atoms with Gasteiger partial charge in [-0.3, -0.25) is 0 Å². The molecule has 1 heterocycles. The summed E-state index contributed by atoms with van der Waals surface area (Å²) in [6, 6.07) is 0. The van der Waals surface area contributed by atoms with Gasteiger partial charge in [0.05, 0.1) is 17.3 Å². The largest absolute Gasteiger partial charge is 0.390 e. The van der Waals surface area contributed by atoms with Gasteiger partial charge in [0.1, 0.15) is 0 Å². The van der Waals surface area contributed by atoms with E-state index in [2.05, 4.69) is 26.8 Å². The molecule has 0 spiro atoms. The molecule has 0 bridgehead atoms. The topological polar surface area (TPSA) is 32.8 Å². The lowest BCUT2D eigenvalue weighted by Gasteiger charge is -2.38. The number of aliphatic hydroxyl groups is 1. The summed E-state index contributed by atoms with van der Waals surface area (Å²) in [5.41, 5.74) is 1.40. The van der Waals surface area contributed by atoms with Crippen LogP contribution in [0.1, 0.15) is 79.6 Å². The standard InChI is InChI=1S/C20H34O2/c1-14-7-6-11-20(5)17(22-20)13-19(4)12-10-15(18(2,3)21)16(19)9-8-14/h7,15-17,21H,6,8-13H2,1-5H3/b14-7+/t15-,16+,17+,19-,20+/m1/s1. The molecule has 126 valence electrons. The predicted molar refractivity (Wildman–Crippen MR) is 90.7 cm³/mol. The van der Waals surface area contributed by atoms with Crippen molar-refractivity contribution in [2.45, 2.75) is 96.9 Å². The Bertz CT molecular complexity index is 461. The molecule has 2 fully saturated rings. The minimum Gasteiger partial charge on any atom is -0.390 e. The van der Waals surface area contributed by atoms with Gasteiger partial charge in [0.25, 0.3) is 0 Å². The van der Waals surface area contributed by atoms with Crippen LogP contribution in [-0.4, -0.2) is 22.4 Å². The van der Waals surface area contributed by atoms with Crippen molar-refractivity contribution in [1.82, 2.24) is 0 Å².